The zero-order valence-corrected chi connectivity index (χ0v) is 23.6. The van der Waals surface area contributed by atoms with Gasteiger partial charge in [-0.3, -0.25) is 9.59 Å². The summed E-state index contributed by atoms with van der Waals surface area (Å²) in [5, 5.41) is 17.8. The van der Waals surface area contributed by atoms with Crippen LogP contribution in [0, 0.1) is 36.5 Å². The van der Waals surface area contributed by atoms with Gasteiger partial charge in [-0.15, -0.1) is 0 Å². The van der Waals surface area contributed by atoms with Crippen LogP contribution < -0.4 is 10.6 Å². The predicted molar refractivity (Wildman–Crippen MR) is 142 cm³/mol. The topological polar surface area (TPSA) is 149 Å². The van der Waals surface area contributed by atoms with Gasteiger partial charge < -0.3 is 15.4 Å². The maximum atomic E-state index is 13.5. The number of rotatable bonds is 7. The fraction of sp³-hybridized carbons (Fsp3) is 0.679. The quantitative estimate of drug-likeness (QED) is 0.416. The Hall–Kier alpha value is -3.62. The summed E-state index contributed by atoms with van der Waals surface area (Å²) in [5.74, 6) is -1.52. The van der Waals surface area contributed by atoms with Crippen LogP contribution in [0.4, 0.5) is 13.2 Å². The van der Waals surface area contributed by atoms with Gasteiger partial charge in [0.2, 0.25) is 5.91 Å². The molecule has 3 aromatic heterocycles. The number of aromatic nitrogens is 6. The van der Waals surface area contributed by atoms with Crippen molar-refractivity contribution < 1.29 is 32.1 Å². The molecule has 230 valence electrons. The molecule has 5 heterocycles. The van der Waals surface area contributed by atoms with Gasteiger partial charge in [-0.05, 0) is 68.4 Å². The molecule has 2 N–H and O–H groups in total. The van der Waals surface area contributed by atoms with E-state index in [1.54, 1.807) is 13.1 Å². The normalized spacial score (nSPS) is 28.5. The van der Waals surface area contributed by atoms with E-state index in [2.05, 4.69) is 20.9 Å². The van der Waals surface area contributed by atoms with Gasteiger partial charge in [0.25, 0.3) is 11.7 Å². The minimum Gasteiger partial charge on any atom is -0.381 e. The van der Waals surface area contributed by atoms with Crippen LogP contribution in [0.15, 0.2) is 10.8 Å². The molecule has 0 bridgehead atoms. The Morgan fingerprint density at radius 2 is 1.91 bits per heavy atom. The van der Waals surface area contributed by atoms with Crippen molar-refractivity contribution in [3.63, 3.8) is 0 Å². The minimum atomic E-state index is -4.40. The summed E-state index contributed by atoms with van der Waals surface area (Å²) in [6.45, 7) is 2.30. The van der Waals surface area contributed by atoms with E-state index < -0.39 is 42.4 Å². The molecule has 2 saturated heterocycles. The molecule has 0 spiro atoms. The summed E-state index contributed by atoms with van der Waals surface area (Å²) in [4.78, 5) is 35.6. The number of aryl methyl sites for hydroxylation is 1. The summed E-state index contributed by atoms with van der Waals surface area (Å²) in [6, 6.07) is -0.424. The van der Waals surface area contributed by atoms with Crippen molar-refractivity contribution in [3.8, 4) is 0 Å². The van der Waals surface area contributed by atoms with Gasteiger partial charge in [0.1, 0.15) is 5.69 Å². The minimum absolute atomic E-state index is 0.0217. The summed E-state index contributed by atoms with van der Waals surface area (Å²) < 4.78 is 52.4. The number of imidazole rings is 1. The highest BCUT2D eigenvalue weighted by Crippen LogP contribution is 2.57. The number of fused-ring (bicyclic) bond motifs is 2. The average Bonchev–Trinajstić information content (AvgIpc) is 3.31. The predicted octanol–water partition coefficient (Wildman–Crippen LogP) is 3.08. The van der Waals surface area contributed by atoms with Gasteiger partial charge in [0.15, 0.2) is 5.69 Å². The molecule has 43 heavy (non-hydrogen) atoms. The van der Waals surface area contributed by atoms with Crippen molar-refractivity contribution in [1.82, 2.24) is 40.5 Å². The van der Waals surface area contributed by atoms with Gasteiger partial charge >= 0.3 is 6.18 Å². The highest BCUT2D eigenvalue weighted by Gasteiger charge is 2.49. The van der Waals surface area contributed by atoms with Crippen molar-refractivity contribution in [2.75, 3.05) is 19.8 Å². The van der Waals surface area contributed by atoms with Gasteiger partial charge in [0.05, 0.1) is 35.2 Å². The molecular weight excluding hydrogens is 569 g/mol. The Balaban J connectivity index is 1.23. The van der Waals surface area contributed by atoms with Gasteiger partial charge in [0, 0.05) is 38.0 Å². The summed E-state index contributed by atoms with van der Waals surface area (Å²) in [6.07, 6.45) is 1.57. The third-order valence-electron chi connectivity index (χ3n) is 9.63. The van der Waals surface area contributed by atoms with Crippen LogP contribution in [-0.4, -0.2) is 67.6 Å². The van der Waals surface area contributed by atoms with E-state index in [4.69, 9.17) is 24.4 Å². The highest BCUT2D eigenvalue weighted by molar-refractivity contribution is 5.93. The van der Waals surface area contributed by atoms with Crippen LogP contribution in [-0.2, 0) is 16.0 Å². The van der Waals surface area contributed by atoms with E-state index in [1.165, 1.54) is 10.9 Å². The summed E-state index contributed by atoms with van der Waals surface area (Å²) in [5.41, 5.74) is 2.21. The van der Waals surface area contributed by atoms with Gasteiger partial charge in [-0.2, -0.15) is 18.3 Å². The smallest absolute Gasteiger partial charge is 0.381 e. The lowest BCUT2D eigenvalue weighted by Gasteiger charge is -2.31. The lowest BCUT2D eigenvalue weighted by molar-refractivity contribution is -0.183. The van der Waals surface area contributed by atoms with Crippen molar-refractivity contribution in [2.24, 2.45) is 29.6 Å². The number of piperidine rings is 1. The molecule has 2 amide bonds. The van der Waals surface area contributed by atoms with Crippen LogP contribution in [0.5, 0.6) is 0 Å². The number of halogens is 3. The number of amides is 2. The average molecular weight is 603 g/mol. The first-order valence-electron chi connectivity index (χ1n) is 14.9. The van der Waals surface area contributed by atoms with Crippen molar-refractivity contribution >= 4 is 17.6 Å². The SMILES string of the molecule is Cc1nonc1C(=O)N[C@H](c1cn2nc(C[C@H]3C[C@@H](C(F)(F)F)CNC3=O)c(C3CCOCC3)nc2n1)C1C[C@@H]2C[C@@H]2C1. The molecule has 1 unspecified atom stereocenters. The lowest BCUT2D eigenvalue weighted by atomic mass is 9.84. The highest BCUT2D eigenvalue weighted by atomic mass is 19.4. The second kappa shape index (κ2) is 10.8. The number of hydrogen-bond donors (Lipinski definition) is 2. The number of nitrogens with zero attached hydrogens (tertiary/aromatic N) is 6. The van der Waals surface area contributed by atoms with Crippen LogP contribution in [0.1, 0.15) is 83.7 Å². The largest absolute Gasteiger partial charge is 0.393 e. The third kappa shape index (κ3) is 5.58. The zero-order valence-electron chi connectivity index (χ0n) is 23.6. The Morgan fingerprint density at radius 3 is 2.60 bits per heavy atom. The molecule has 12 nitrogen and oxygen atoms in total. The Bertz CT molecular complexity index is 1520. The van der Waals surface area contributed by atoms with Crippen molar-refractivity contribution in [1.29, 1.82) is 0 Å². The van der Waals surface area contributed by atoms with Gasteiger partial charge in [-0.1, -0.05) is 5.16 Å². The molecular formula is C28H33F3N8O4. The lowest BCUT2D eigenvalue weighted by Crippen LogP contribution is -2.47. The van der Waals surface area contributed by atoms with Crippen LogP contribution >= 0.6 is 0 Å². The van der Waals surface area contributed by atoms with E-state index in [0.29, 0.717) is 66.4 Å². The molecule has 2 saturated carbocycles. The molecule has 0 radical (unpaired) electrons. The second-order valence-corrected chi connectivity index (χ2v) is 12.5. The molecule has 15 heteroatoms. The molecule has 6 atom stereocenters. The zero-order chi connectivity index (χ0) is 29.9. The number of carbonyl (C=O) groups excluding carboxylic acids is 2. The van der Waals surface area contributed by atoms with E-state index in [9.17, 15) is 22.8 Å². The summed E-state index contributed by atoms with van der Waals surface area (Å²) in [7, 11) is 0. The van der Waals surface area contributed by atoms with Crippen LogP contribution in [0.3, 0.4) is 0 Å². The van der Waals surface area contributed by atoms with Crippen LogP contribution in [0.2, 0.25) is 0 Å². The molecule has 4 fully saturated rings. The molecule has 4 aliphatic rings. The van der Waals surface area contributed by atoms with Gasteiger partial charge in [-0.25, -0.2) is 19.1 Å². The van der Waals surface area contributed by atoms with E-state index in [-0.39, 0.29) is 30.4 Å². The Kier molecular flexibility index (Phi) is 7.09. The first-order valence-corrected chi connectivity index (χ1v) is 14.9. The van der Waals surface area contributed by atoms with E-state index >= 15 is 0 Å². The van der Waals surface area contributed by atoms with Crippen molar-refractivity contribution in [2.45, 2.75) is 70.0 Å². The second-order valence-electron chi connectivity index (χ2n) is 12.5. The number of alkyl halides is 3. The number of ether oxygens (including phenoxy) is 1. The maximum absolute atomic E-state index is 13.5. The van der Waals surface area contributed by atoms with Crippen LogP contribution in [0.25, 0.3) is 5.78 Å². The summed E-state index contributed by atoms with van der Waals surface area (Å²) >= 11 is 0. The van der Waals surface area contributed by atoms with E-state index in [0.717, 1.165) is 12.8 Å². The first-order chi connectivity index (χ1) is 20.6. The van der Waals surface area contributed by atoms with E-state index in [1.807, 2.05) is 0 Å². The monoisotopic (exact) mass is 602 g/mol. The standard InChI is InChI=1S/C28H33F3N8O4/c1-13-22(38-43-37-13)26(41)34-24(17-7-15-6-16(15)8-17)21-12-39-27(33-21)35-23(14-2-4-42-5-3-14)20(36-39)10-18-9-19(28(29,30)31)11-32-25(18)40/h12,14-19,24H,2-11H2,1H3,(H,32,40)(H,34,41)/t15-,16+,17?,18-,19-,24+/m1/s1. The molecule has 2 aliphatic heterocycles. The Labute approximate surface area is 244 Å². The maximum Gasteiger partial charge on any atom is 0.393 e. The third-order valence-corrected chi connectivity index (χ3v) is 9.63. The number of nitrogens with one attached hydrogen (secondary N) is 2. The number of carbonyl (C=O) groups is 2. The fourth-order valence-electron chi connectivity index (χ4n) is 7.15. The number of hydrogen-bond acceptors (Lipinski definition) is 9. The fourth-order valence-corrected chi connectivity index (χ4v) is 7.15. The molecule has 3 aromatic rings. The van der Waals surface area contributed by atoms with Crippen molar-refractivity contribution in [3.05, 3.63) is 34.7 Å². The molecule has 7 rings (SSSR count). The first kappa shape index (κ1) is 28.2. The molecule has 0 aromatic carbocycles. The Morgan fingerprint density at radius 1 is 1.14 bits per heavy atom. The molecule has 2 aliphatic carbocycles.